The highest BCUT2D eigenvalue weighted by molar-refractivity contribution is 6.31. The lowest BCUT2D eigenvalue weighted by atomic mass is 9.93. The monoisotopic (exact) mass is 241 g/mol. The minimum atomic E-state index is -0.242. The van der Waals surface area contributed by atoms with Crippen LogP contribution in [0.25, 0.3) is 0 Å². The van der Waals surface area contributed by atoms with Crippen molar-refractivity contribution in [3.05, 3.63) is 33.6 Å². The van der Waals surface area contributed by atoms with Crippen molar-refractivity contribution in [2.75, 3.05) is 0 Å². The fraction of sp³-hybridized carbons (Fsp3) is 0.538. The predicted molar refractivity (Wildman–Crippen MR) is 65.2 cm³/mol. The molecule has 0 aromatic heterocycles. The molecule has 2 rings (SSSR count). The van der Waals surface area contributed by atoms with E-state index in [-0.39, 0.29) is 11.9 Å². The number of halogens is 2. The molecule has 0 saturated carbocycles. The second-order valence-corrected chi connectivity index (χ2v) is 5.25. The first kappa shape index (κ1) is 11.9. The van der Waals surface area contributed by atoms with Gasteiger partial charge in [-0.05, 0) is 54.9 Å². The summed E-state index contributed by atoms with van der Waals surface area (Å²) in [6, 6.07) is 1.33. The zero-order chi connectivity index (χ0) is 11.9. The van der Waals surface area contributed by atoms with Crippen LogP contribution < -0.4 is 5.73 Å². The minimum absolute atomic E-state index is 0.0827. The van der Waals surface area contributed by atoms with Crippen molar-refractivity contribution in [3.63, 3.8) is 0 Å². The lowest BCUT2D eigenvalue weighted by Gasteiger charge is -2.18. The number of hydrogen-bond acceptors (Lipinski definition) is 1. The Labute approximate surface area is 101 Å². The van der Waals surface area contributed by atoms with Crippen molar-refractivity contribution < 1.29 is 4.39 Å². The summed E-state index contributed by atoms with van der Waals surface area (Å²) >= 11 is 6.11. The lowest BCUT2D eigenvalue weighted by molar-refractivity contribution is 0.462. The van der Waals surface area contributed by atoms with Crippen LogP contribution in [0.5, 0.6) is 0 Å². The van der Waals surface area contributed by atoms with E-state index in [1.165, 1.54) is 6.07 Å². The molecule has 0 saturated heterocycles. The molecule has 2 atom stereocenters. The first-order chi connectivity index (χ1) is 7.50. The summed E-state index contributed by atoms with van der Waals surface area (Å²) < 4.78 is 13.6. The van der Waals surface area contributed by atoms with Gasteiger partial charge >= 0.3 is 0 Å². The molecule has 0 aliphatic heterocycles. The minimum Gasteiger partial charge on any atom is -0.324 e. The summed E-state index contributed by atoms with van der Waals surface area (Å²) in [4.78, 5) is 0. The molecule has 0 fully saturated rings. The Morgan fingerprint density at radius 2 is 2.19 bits per heavy atom. The van der Waals surface area contributed by atoms with Gasteiger partial charge in [0, 0.05) is 11.1 Å². The molecule has 1 aromatic rings. The van der Waals surface area contributed by atoms with Crippen molar-refractivity contribution in [3.8, 4) is 0 Å². The van der Waals surface area contributed by atoms with Crippen LogP contribution in [-0.2, 0) is 6.42 Å². The van der Waals surface area contributed by atoms with Gasteiger partial charge in [0.1, 0.15) is 5.82 Å². The van der Waals surface area contributed by atoms with E-state index in [4.69, 9.17) is 17.3 Å². The Kier molecular flexibility index (Phi) is 3.22. The topological polar surface area (TPSA) is 26.0 Å². The lowest BCUT2D eigenvalue weighted by Crippen LogP contribution is -2.15. The summed E-state index contributed by atoms with van der Waals surface area (Å²) in [7, 11) is 0. The van der Waals surface area contributed by atoms with Gasteiger partial charge in [-0.25, -0.2) is 4.39 Å². The molecule has 0 spiro atoms. The zero-order valence-electron chi connectivity index (χ0n) is 9.69. The molecule has 16 heavy (non-hydrogen) atoms. The van der Waals surface area contributed by atoms with Gasteiger partial charge in [-0.2, -0.15) is 0 Å². The van der Waals surface area contributed by atoms with E-state index in [1.54, 1.807) is 6.92 Å². The highest BCUT2D eigenvalue weighted by Crippen LogP contribution is 2.37. The van der Waals surface area contributed by atoms with Gasteiger partial charge in [-0.3, -0.25) is 0 Å². The van der Waals surface area contributed by atoms with E-state index in [0.29, 0.717) is 16.5 Å². The second kappa shape index (κ2) is 4.34. The Hall–Kier alpha value is -0.600. The quantitative estimate of drug-likeness (QED) is 0.688. The highest BCUT2D eigenvalue weighted by Gasteiger charge is 2.24. The van der Waals surface area contributed by atoms with Gasteiger partial charge in [0.25, 0.3) is 0 Å². The van der Waals surface area contributed by atoms with Gasteiger partial charge in [0.2, 0.25) is 0 Å². The Balaban J connectivity index is 2.59. The summed E-state index contributed by atoms with van der Waals surface area (Å²) in [6.07, 6.45) is 2.89. The van der Waals surface area contributed by atoms with Crippen molar-refractivity contribution in [1.82, 2.24) is 0 Å². The van der Waals surface area contributed by atoms with E-state index >= 15 is 0 Å². The summed E-state index contributed by atoms with van der Waals surface area (Å²) in [5.74, 6) is 0.328. The number of nitrogens with two attached hydrogens (primary N) is 1. The largest absolute Gasteiger partial charge is 0.324 e. The molecule has 1 aromatic carbocycles. The average Bonchev–Trinajstić information content (AvgIpc) is 2.34. The van der Waals surface area contributed by atoms with Crippen molar-refractivity contribution in [2.45, 2.75) is 39.2 Å². The van der Waals surface area contributed by atoms with Gasteiger partial charge < -0.3 is 5.73 Å². The zero-order valence-corrected chi connectivity index (χ0v) is 10.4. The standard InChI is InChI=1S/C13H17ClFN/c1-7-3-4-9-10(14)6-11(15)8(2)13(9)12(16)5-7/h6-7,12H,3-5,16H2,1-2H3. The highest BCUT2D eigenvalue weighted by atomic mass is 35.5. The first-order valence-corrected chi connectivity index (χ1v) is 6.11. The summed E-state index contributed by atoms with van der Waals surface area (Å²) in [5.41, 5.74) is 8.81. The number of benzene rings is 1. The van der Waals surface area contributed by atoms with E-state index < -0.39 is 0 Å². The van der Waals surface area contributed by atoms with Crippen molar-refractivity contribution in [1.29, 1.82) is 0 Å². The maximum Gasteiger partial charge on any atom is 0.127 e. The van der Waals surface area contributed by atoms with Crippen LogP contribution in [0, 0.1) is 18.7 Å². The second-order valence-electron chi connectivity index (χ2n) is 4.84. The molecule has 3 heteroatoms. The van der Waals surface area contributed by atoms with Gasteiger partial charge in [-0.1, -0.05) is 18.5 Å². The molecule has 1 aliphatic carbocycles. The number of hydrogen-bond donors (Lipinski definition) is 1. The molecular weight excluding hydrogens is 225 g/mol. The molecule has 1 aliphatic rings. The van der Waals surface area contributed by atoms with Crippen LogP contribution in [0.3, 0.4) is 0 Å². The smallest absolute Gasteiger partial charge is 0.127 e. The third kappa shape index (κ3) is 1.96. The molecule has 2 N–H and O–H groups in total. The van der Waals surface area contributed by atoms with E-state index in [9.17, 15) is 4.39 Å². The van der Waals surface area contributed by atoms with E-state index in [0.717, 1.165) is 30.4 Å². The predicted octanol–water partition coefficient (Wildman–Crippen LogP) is 3.76. The van der Waals surface area contributed by atoms with Crippen LogP contribution in [-0.4, -0.2) is 0 Å². The fourth-order valence-electron chi connectivity index (χ4n) is 2.61. The Morgan fingerprint density at radius 3 is 2.88 bits per heavy atom. The molecule has 0 bridgehead atoms. The van der Waals surface area contributed by atoms with Gasteiger partial charge in [0.05, 0.1) is 0 Å². The third-order valence-electron chi connectivity index (χ3n) is 3.54. The normalized spacial score (nSPS) is 25.1. The molecule has 88 valence electrons. The van der Waals surface area contributed by atoms with Crippen LogP contribution in [0.15, 0.2) is 6.07 Å². The SMILES string of the molecule is Cc1c(F)cc(Cl)c2c1C(N)CC(C)CC2. The fourth-order valence-corrected chi connectivity index (χ4v) is 2.90. The van der Waals surface area contributed by atoms with Crippen LogP contribution >= 0.6 is 11.6 Å². The molecule has 0 amide bonds. The van der Waals surface area contributed by atoms with Crippen LogP contribution in [0.4, 0.5) is 4.39 Å². The van der Waals surface area contributed by atoms with E-state index in [1.807, 2.05) is 0 Å². The number of rotatable bonds is 0. The maximum absolute atomic E-state index is 13.6. The first-order valence-electron chi connectivity index (χ1n) is 5.73. The van der Waals surface area contributed by atoms with Crippen molar-refractivity contribution in [2.24, 2.45) is 11.7 Å². The third-order valence-corrected chi connectivity index (χ3v) is 3.88. The van der Waals surface area contributed by atoms with Crippen LogP contribution in [0.1, 0.15) is 42.5 Å². The molecule has 0 radical (unpaired) electrons. The summed E-state index contributed by atoms with van der Waals surface area (Å²) in [6.45, 7) is 3.98. The van der Waals surface area contributed by atoms with E-state index in [2.05, 4.69) is 6.92 Å². The Morgan fingerprint density at radius 1 is 1.50 bits per heavy atom. The molecule has 2 unspecified atom stereocenters. The summed E-state index contributed by atoms with van der Waals surface area (Å²) in [5, 5.41) is 0.530. The number of fused-ring (bicyclic) bond motifs is 1. The maximum atomic E-state index is 13.6. The van der Waals surface area contributed by atoms with Crippen molar-refractivity contribution >= 4 is 11.6 Å². The Bertz CT molecular complexity index is 417. The molecule has 1 nitrogen and oxygen atoms in total. The molecule has 0 heterocycles. The average molecular weight is 242 g/mol. The van der Waals surface area contributed by atoms with Gasteiger partial charge in [-0.15, -0.1) is 0 Å². The molecular formula is C13H17ClFN. The van der Waals surface area contributed by atoms with Gasteiger partial charge in [0.15, 0.2) is 0 Å². The van der Waals surface area contributed by atoms with Crippen LogP contribution in [0.2, 0.25) is 5.02 Å².